The van der Waals surface area contributed by atoms with Crippen molar-refractivity contribution in [1.82, 2.24) is 5.16 Å². The molecule has 0 aliphatic rings. The van der Waals surface area contributed by atoms with Gasteiger partial charge in [0.1, 0.15) is 22.2 Å². The van der Waals surface area contributed by atoms with Gasteiger partial charge in [0.2, 0.25) is 0 Å². The number of carbonyl (C=O) groups excluding carboxylic acids is 1. The number of ether oxygens (including phenoxy) is 2. The number of nitrogens with zero attached hydrogens (tertiary/aromatic N) is 1. The van der Waals surface area contributed by atoms with Gasteiger partial charge >= 0.3 is 0 Å². The lowest BCUT2D eigenvalue weighted by Crippen LogP contribution is -2.16. The van der Waals surface area contributed by atoms with Crippen LogP contribution >= 0.6 is 0 Å². The predicted octanol–water partition coefficient (Wildman–Crippen LogP) is 3.05. The van der Waals surface area contributed by atoms with Crippen molar-refractivity contribution >= 4 is 27.3 Å². The number of aryl methyl sites for hydroxylation is 1. The Hall–Kier alpha value is -3.53. The van der Waals surface area contributed by atoms with Crippen molar-refractivity contribution in [1.29, 1.82) is 0 Å². The number of rotatable bonds is 7. The Morgan fingerprint density at radius 3 is 2.28 bits per heavy atom. The lowest BCUT2D eigenvalue weighted by Gasteiger charge is -2.13. The van der Waals surface area contributed by atoms with Crippen LogP contribution in [0.5, 0.6) is 11.5 Å². The second kappa shape index (κ2) is 8.23. The number of hydrogen-bond donors (Lipinski definition) is 2. The van der Waals surface area contributed by atoms with Crippen molar-refractivity contribution in [3.63, 3.8) is 0 Å². The van der Waals surface area contributed by atoms with Gasteiger partial charge in [-0.15, -0.1) is 0 Å². The van der Waals surface area contributed by atoms with E-state index in [1.165, 1.54) is 38.5 Å². The highest BCUT2D eigenvalue weighted by Gasteiger charge is 2.21. The van der Waals surface area contributed by atoms with Crippen LogP contribution in [0, 0.1) is 6.92 Å². The molecule has 3 aromatic rings. The van der Waals surface area contributed by atoms with E-state index in [4.69, 9.17) is 14.0 Å². The fourth-order valence-electron chi connectivity index (χ4n) is 2.50. The molecule has 0 aliphatic heterocycles. The van der Waals surface area contributed by atoms with Gasteiger partial charge < -0.3 is 19.3 Å². The summed E-state index contributed by atoms with van der Waals surface area (Å²) in [5.74, 6) is 0.676. The third-order valence-corrected chi connectivity index (χ3v) is 5.32. The van der Waals surface area contributed by atoms with E-state index in [1.807, 2.05) is 0 Å². The highest BCUT2D eigenvalue weighted by atomic mass is 32.2. The van der Waals surface area contributed by atoms with Crippen LogP contribution in [0.25, 0.3) is 0 Å². The maximum Gasteiger partial charge on any atom is 0.277 e. The van der Waals surface area contributed by atoms with E-state index in [0.717, 1.165) is 0 Å². The molecule has 0 atom stereocenters. The van der Waals surface area contributed by atoms with Gasteiger partial charge in [0, 0.05) is 17.4 Å². The number of sulfonamides is 1. The number of carbonyl (C=O) groups is 1. The van der Waals surface area contributed by atoms with E-state index in [-0.39, 0.29) is 22.0 Å². The fourth-order valence-corrected chi connectivity index (χ4v) is 3.76. The molecule has 0 bridgehead atoms. The molecule has 9 nitrogen and oxygen atoms in total. The van der Waals surface area contributed by atoms with Gasteiger partial charge in [-0.3, -0.25) is 9.52 Å². The molecule has 0 aliphatic carbocycles. The van der Waals surface area contributed by atoms with Crippen LogP contribution in [-0.4, -0.2) is 33.7 Å². The monoisotopic (exact) mass is 417 g/mol. The van der Waals surface area contributed by atoms with Crippen molar-refractivity contribution in [3.8, 4) is 11.5 Å². The van der Waals surface area contributed by atoms with E-state index in [1.54, 1.807) is 31.2 Å². The van der Waals surface area contributed by atoms with Crippen molar-refractivity contribution < 1.29 is 27.2 Å². The highest BCUT2D eigenvalue weighted by Crippen LogP contribution is 2.29. The number of nitrogens with one attached hydrogen (secondary N) is 2. The smallest absolute Gasteiger partial charge is 0.277 e. The summed E-state index contributed by atoms with van der Waals surface area (Å²) < 4.78 is 43.4. The van der Waals surface area contributed by atoms with E-state index in [0.29, 0.717) is 17.2 Å². The minimum Gasteiger partial charge on any atom is -0.497 e. The second-order valence-electron chi connectivity index (χ2n) is 5.98. The second-order valence-corrected chi connectivity index (χ2v) is 7.63. The Morgan fingerprint density at radius 2 is 1.69 bits per heavy atom. The zero-order valence-corrected chi connectivity index (χ0v) is 16.7. The normalized spacial score (nSPS) is 11.0. The standard InChI is InChI=1S/C19H19N3O6S/c1-12-10-16(21-28-12)19(23)20-14-6-9-17(27-3)18(11-14)29(24,25)22-13-4-7-15(26-2)8-5-13/h4-11,22H,1-3H3,(H,20,23). The quantitative estimate of drug-likeness (QED) is 0.606. The first kappa shape index (κ1) is 20.2. The fraction of sp³-hybridized carbons (Fsp3) is 0.158. The van der Waals surface area contributed by atoms with Crippen LogP contribution in [0.2, 0.25) is 0 Å². The third-order valence-electron chi connectivity index (χ3n) is 3.91. The van der Waals surface area contributed by atoms with Crippen LogP contribution < -0.4 is 19.5 Å². The van der Waals surface area contributed by atoms with Crippen LogP contribution in [0.15, 0.2) is 57.9 Å². The van der Waals surface area contributed by atoms with Gasteiger partial charge in [-0.05, 0) is 49.4 Å². The molecule has 0 spiro atoms. The molecule has 1 heterocycles. The van der Waals surface area contributed by atoms with Crippen molar-refractivity contribution in [2.75, 3.05) is 24.3 Å². The van der Waals surface area contributed by atoms with Crippen molar-refractivity contribution in [2.45, 2.75) is 11.8 Å². The molecular formula is C19H19N3O6S. The maximum absolute atomic E-state index is 12.9. The number of benzene rings is 2. The Bertz CT molecular complexity index is 1120. The zero-order valence-electron chi connectivity index (χ0n) is 15.9. The molecule has 0 radical (unpaired) electrons. The molecular weight excluding hydrogens is 398 g/mol. The Kier molecular flexibility index (Phi) is 5.74. The summed E-state index contributed by atoms with van der Waals surface area (Å²) in [4.78, 5) is 12.1. The first-order valence-corrected chi connectivity index (χ1v) is 9.90. The average Bonchev–Trinajstić information content (AvgIpc) is 3.15. The minimum atomic E-state index is -4.00. The molecule has 2 N–H and O–H groups in total. The topological polar surface area (TPSA) is 120 Å². The molecule has 2 aromatic carbocycles. The number of methoxy groups -OCH3 is 2. The first-order chi connectivity index (χ1) is 13.8. The molecule has 1 aromatic heterocycles. The molecule has 0 fully saturated rings. The summed E-state index contributed by atoms with van der Waals surface area (Å²) >= 11 is 0. The molecule has 152 valence electrons. The summed E-state index contributed by atoms with van der Waals surface area (Å²) in [5.41, 5.74) is 0.686. The van der Waals surface area contributed by atoms with Gasteiger partial charge in [-0.1, -0.05) is 5.16 Å². The van der Waals surface area contributed by atoms with E-state index in [2.05, 4.69) is 15.2 Å². The maximum atomic E-state index is 12.9. The van der Waals surface area contributed by atoms with Crippen LogP contribution in [0.3, 0.4) is 0 Å². The van der Waals surface area contributed by atoms with Crippen LogP contribution in [0.1, 0.15) is 16.2 Å². The van der Waals surface area contributed by atoms with Crippen molar-refractivity contribution in [3.05, 3.63) is 60.0 Å². The number of anilines is 2. The Balaban J connectivity index is 1.87. The van der Waals surface area contributed by atoms with E-state index >= 15 is 0 Å². The SMILES string of the molecule is COc1ccc(NS(=O)(=O)c2cc(NC(=O)c3cc(C)on3)ccc2OC)cc1. The molecule has 29 heavy (non-hydrogen) atoms. The van der Waals surface area contributed by atoms with E-state index in [9.17, 15) is 13.2 Å². The molecule has 3 rings (SSSR count). The average molecular weight is 417 g/mol. The lowest BCUT2D eigenvalue weighted by molar-refractivity contribution is 0.101. The van der Waals surface area contributed by atoms with Crippen LogP contribution in [-0.2, 0) is 10.0 Å². The summed E-state index contributed by atoms with van der Waals surface area (Å²) in [6, 6.07) is 12.2. The Morgan fingerprint density at radius 1 is 1.00 bits per heavy atom. The van der Waals surface area contributed by atoms with Gasteiger partial charge in [-0.25, -0.2) is 8.42 Å². The predicted molar refractivity (Wildman–Crippen MR) is 106 cm³/mol. The summed E-state index contributed by atoms with van der Waals surface area (Å²) in [6.45, 7) is 1.66. The molecule has 10 heteroatoms. The number of aromatic nitrogens is 1. The molecule has 0 saturated heterocycles. The zero-order chi connectivity index (χ0) is 21.0. The van der Waals surface area contributed by atoms with Crippen molar-refractivity contribution in [2.24, 2.45) is 0 Å². The lowest BCUT2D eigenvalue weighted by atomic mass is 10.3. The van der Waals surface area contributed by atoms with Gasteiger partial charge in [0.05, 0.1) is 14.2 Å². The minimum absolute atomic E-state index is 0.0825. The van der Waals surface area contributed by atoms with Crippen LogP contribution in [0.4, 0.5) is 11.4 Å². The summed E-state index contributed by atoms with van der Waals surface area (Å²) in [5, 5.41) is 6.22. The van der Waals surface area contributed by atoms with Gasteiger partial charge in [0.15, 0.2) is 5.69 Å². The largest absolute Gasteiger partial charge is 0.497 e. The summed E-state index contributed by atoms with van der Waals surface area (Å²) in [6.07, 6.45) is 0. The molecule has 0 saturated carbocycles. The Labute approximate surface area is 167 Å². The first-order valence-electron chi connectivity index (χ1n) is 8.42. The molecule has 1 amide bonds. The number of amides is 1. The highest BCUT2D eigenvalue weighted by molar-refractivity contribution is 7.92. The van der Waals surface area contributed by atoms with Gasteiger partial charge in [-0.2, -0.15) is 0 Å². The number of hydrogen-bond acceptors (Lipinski definition) is 7. The molecule has 0 unspecified atom stereocenters. The third kappa shape index (κ3) is 4.66. The van der Waals surface area contributed by atoms with E-state index < -0.39 is 15.9 Å². The van der Waals surface area contributed by atoms with Gasteiger partial charge in [0.25, 0.3) is 15.9 Å². The summed E-state index contributed by atoms with van der Waals surface area (Å²) in [7, 11) is -1.12.